The third-order valence-corrected chi connectivity index (χ3v) is 3.00. The Morgan fingerprint density at radius 1 is 1.30 bits per heavy atom. The Kier molecular flexibility index (Phi) is 3.41. The number of rotatable bonds is 3. The average Bonchev–Trinajstić information content (AvgIpc) is 1.86. The van der Waals surface area contributed by atoms with Crippen LogP contribution in [0.1, 0.15) is 41.0 Å². The molecule has 2 atom stereocenters. The molecule has 0 aliphatic rings. The second-order valence-corrected chi connectivity index (χ2v) is 4.11. The fourth-order valence-corrected chi connectivity index (χ4v) is 1.09. The van der Waals surface area contributed by atoms with Crippen LogP contribution in [-0.4, -0.2) is 0 Å². The maximum absolute atomic E-state index is 4.05. The molecule has 1 radical (unpaired) electrons. The second-order valence-electron chi connectivity index (χ2n) is 4.11. The van der Waals surface area contributed by atoms with Crippen LogP contribution in [0.25, 0.3) is 0 Å². The molecule has 0 saturated carbocycles. The Balaban J connectivity index is 4.03. The van der Waals surface area contributed by atoms with Gasteiger partial charge in [-0.15, -0.1) is 0 Å². The van der Waals surface area contributed by atoms with Gasteiger partial charge in [0, 0.05) is 0 Å². The predicted octanol–water partition coefficient (Wildman–Crippen LogP) is 3.53. The first-order valence-electron chi connectivity index (χ1n) is 4.25. The zero-order valence-corrected chi connectivity index (χ0v) is 8.07. The van der Waals surface area contributed by atoms with Crippen molar-refractivity contribution in [3.05, 3.63) is 6.92 Å². The fourth-order valence-electron chi connectivity index (χ4n) is 1.09. The topological polar surface area (TPSA) is 0 Å². The maximum atomic E-state index is 4.05. The van der Waals surface area contributed by atoms with E-state index in [1.807, 2.05) is 0 Å². The molecule has 0 aromatic rings. The molecule has 0 aliphatic carbocycles. The van der Waals surface area contributed by atoms with Crippen LogP contribution in [0.4, 0.5) is 0 Å². The van der Waals surface area contributed by atoms with Gasteiger partial charge < -0.3 is 0 Å². The molecular weight excluding hydrogens is 120 g/mol. The van der Waals surface area contributed by atoms with Crippen molar-refractivity contribution in [2.24, 2.45) is 17.3 Å². The number of hydrogen-bond donors (Lipinski definition) is 0. The molecule has 0 rings (SSSR count). The van der Waals surface area contributed by atoms with E-state index in [0.717, 1.165) is 5.92 Å². The summed E-state index contributed by atoms with van der Waals surface area (Å²) in [5.41, 5.74) is 0.459. The standard InChI is InChI=1S/C10H21/c1-7-10(5,6)9(4)8(2)3/h8-9H,2,7H2,1,3-6H3. The van der Waals surface area contributed by atoms with Crippen molar-refractivity contribution < 1.29 is 0 Å². The summed E-state index contributed by atoms with van der Waals surface area (Å²) < 4.78 is 0. The minimum absolute atomic E-state index is 0.459. The van der Waals surface area contributed by atoms with Gasteiger partial charge in [-0.25, -0.2) is 0 Å². The van der Waals surface area contributed by atoms with Crippen molar-refractivity contribution in [3.8, 4) is 0 Å². The Bertz CT molecular complexity index is 90.2. The minimum Gasteiger partial charge on any atom is -0.0649 e. The average molecular weight is 141 g/mol. The smallest absolute Gasteiger partial charge is 0.0329 e. The van der Waals surface area contributed by atoms with Crippen molar-refractivity contribution in [3.63, 3.8) is 0 Å². The third-order valence-electron chi connectivity index (χ3n) is 3.00. The molecule has 0 aromatic heterocycles. The highest BCUT2D eigenvalue weighted by atomic mass is 14.3. The molecule has 0 amide bonds. The molecule has 0 heteroatoms. The Hall–Kier alpha value is 0. The monoisotopic (exact) mass is 141 g/mol. The van der Waals surface area contributed by atoms with E-state index >= 15 is 0 Å². The first-order valence-corrected chi connectivity index (χ1v) is 4.25. The summed E-state index contributed by atoms with van der Waals surface area (Å²) in [6.45, 7) is 15.4. The van der Waals surface area contributed by atoms with E-state index in [0.29, 0.717) is 11.3 Å². The molecule has 0 bridgehead atoms. The quantitative estimate of drug-likeness (QED) is 0.564. The molecule has 0 aliphatic heterocycles. The SMILES string of the molecule is [CH2]C(C)C(C)C(C)(C)CC. The maximum Gasteiger partial charge on any atom is -0.0329 e. The Morgan fingerprint density at radius 3 is 1.80 bits per heavy atom. The van der Waals surface area contributed by atoms with Gasteiger partial charge in [-0.3, -0.25) is 0 Å². The minimum atomic E-state index is 0.459. The summed E-state index contributed by atoms with van der Waals surface area (Å²) in [7, 11) is 0. The van der Waals surface area contributed by atoms with Gasteiger partial charge in [0.05, 0.1) is 0 Å². The van der Waals surface area contributed by atoms with Gasteiger partial charge in [-0.2, -0.15) is 0 Å². The largest absolute Gasteiger partial charge is 0.0649 e. The molecule has 0 N–H and O–H groups in total. The highest BCUT2D eigenvalue weighted by molar-refractivity contribution is 4.78. The lowest BCUT2D eigenvalue weighted by molar-refractivity contribution is 0.180. The molecule has 2 unspecified atom stereocenters. The van der Waals surface area contributed by atoms with E-state index in [2.05, 4.69) is 41.5 Å². The van der Waals surface area contributed by atoms with Crippen LogP contribution in [0.2, 0.25) is 0 Å². The van der Waals surface area contributed by atoms with Gasteiger partial charge in [-0.05, 0) is 17.3 Å². The first-order chi connectivity index (χ1) is 4.41. The van der Waals surface area contributed by atoms with Gasteiger partial charge in [-0.1, -0.05) is 48.0 Å². The van der Waals surface area contributed by atoms with E-state index in [9.17, 15) is 0 Å². The lowest BCUT2D eigenvalue weighted by atomic mass is 9.72. The highest BCUT2D eigenvalue weighted by Crippen LogP contribution is 2.34. The molecule has 0 heterocycles. The number of hydrogen-bond acceptors (Lipinski definition) is 0. The fraction of sp³-hybridized carbons (Fsp3) is 0.900. The molecular formula is C10H21. The van der Waals surface area contributed by atoms with Crippen LogP contribution >= 0.6 is 0 Å². The summed E-state index contributed by atoms with van der Waals surface area (Å²) in [5.74, 6) is 1.28. The zero-order valence-electron chi connectivity index (χ0n) is 8.07. The Labute approximate surface area is 66.0 Å². The summed E-state index contributed by atoms with van der Waals surface area (Å²) in [4.78, 5) is 0. The van der Waals surface area contributed by atoms with E-state index in [1.54, 1.807) is 0 Å². The van der Waals surface area contributed by atoms with Crippen molar-refractivity contribution in [1.82, 2.24) is 0 Å². The van der Waals surface area contributed by atoms with Crippen LogP contribution in [0.3, 0.4) is 0 Å². The molecule has 0 saturated heterocycles. The molecule has 0 nitrogen and oxygen atoms in total. The molecule has 0 spiro atoms. The van der Waals surface area contributed by atoms with Crippen LogP contribution in [0.5, 0.6) is 0 Å². The molecule has 0 aromatic carbocycles. The van der Waals surface area contributed by atoms with Crippen LogP contribution in [-0.2, 0) is 0 Å². The second kappa shape index (κ2) is 3.41. The summed E-state index contributed by atoms with van der Waals surface area (Å²) in [6, 6.07) is 0. The Morgan fingerprint density at radius 2 is 1.70 bits per heavy atom. The van der Waals surface area contributed by atoms with E-state index in [-0.39, 0.29) is 0 Å². The molecule has 0 fully saturated rings. The lowest BCUT2D eigenvalue weighted by Crippen LogP contribution is -2.24. The normalized spacial score (nSPS) is 15.9. The van der Waals surface area contributed by atoms with Crippen molar-refractivity contribution >= 4 is 0 Å². The van der Waals surface area contributed by atoms with Gasteiger partial charge in [0.2, 0.25) is 0 Å². The predicted molar refractivity (Wildman–Crippen MR) is 47.8 cm³/mol. The van der Waals surface area contributed by atoms with Gasteiger partial charge >= 0.3 is 0 Å². The molecule has 61 valence electrons. The van der Waals surface area contributed by atoms with E-state index < -0.39 is 0 Å². The summed E-state index contributed by atoms with van der Waals surface area (Å²) >= 11 is 0. The van der Waals surface area contributed by atoms with E-state index in [1.165, 1.54) is 6.42 Å². The van der Waals surface area contributed by atoms with Crippen LogP contribution < -0.4 is 0 Å². The van der Waals surface area contributed by atoms with Crippen LogP contribution in [0.15, 0.2) is 0 Å². The van der Waals surface area contributed by atoms with Crippen molar-refractivity contribution in [2.45, 2.75) is 41.0 Å². The zero-order chi connectivity index (χ0) is 8.36. The van der Waals surface area contributed by atoms with E-state index in [4.69, 9.17) is 0 Å². The summed E-state index contributed by atoms with van der Waals surface area (Å²) in [6.07, 6.45) is 1.24. The van der Waals surface area contributed by atoms with Crippen LogP contribution in [0, 0.1) is 24.2 Å². The third kappa shape index (κ3) is 2.32. The van der Waals surface area contributed by atoms with Crippen molar-refractivity contribution in [1.29, 1.82) is 0 Å². The van der Waals surface area contributed by atoms with Gasteiger partial charge in [0.1, 0.15) is 0 Å². The summed E-state index contributed by atoms with van der Waals surface area (Å²) in [5, 5.41) is 0. The molecule has 10 heavy (non-hydrogen) atoms. The van der Waals surface area contributed by atoms with Crippen molar-refractivity contribution in [2.75, 3.05) is 0 Å². The first kappa shape index (κ1) is 10.0. The highest BCUT2D eigenvalue weighted by Gasteiger charge is 2.25. The van der Waals surface area contributed by atoms with Gasteiger partial charge in [0.15, 0.2) is 0 Å². The van der Waals surface area contributed by atoms with Gasteiger partial charge in [0.25, 0.3) is 0 Å². The lowest BCUT2D eigenvalue weighted by Gasteiger charge is -2.33.